The number of furan rings is 1. The SMILES string of the molecule is O=C(NCC(O)(c1ccsc1)c1cccs1)c1cc2ccccc2o1. The highest BCUT2D eigenvalue weighted by molar-refractivity contribution is 7.10. The number of carbonyl (C=O) groups is 1. The van der Waals surface area contributed by atoms with Crippen molar-refractivity contribution >= 4 is 39.5 Å². The van der Waals surface area contributed by atoms with E-state index < -0.39 is 5.60 Å². The summed E-state index contributed by atoms with van der Waals surface area (Å²) in [6, 6.07) is 14.8. The van der Waals surface area contributed by atoms with Crippen molar-refractivity contribution in [3.8, 4) is 0 Å². The van der Waals surface area contributed by atoms with Crippen LogP contribution in [0.3, 0.4) is 0 Å². The van der Waals surface area contributed by atoms with Crippen LogP contribution in [0, 0.1) is 0 Å². The number of benzene rings is 1. The van der Waals surface area contributed by atoms with Crippen molar-refractivity contribution in [3.63, 3.8) is 0 Å². The van der Waals surface area contributed by atoms with Crippen molar-refractivity contribution in [1.29, 1.82) is 0 Å². The fourth-order valence-electron chi connectivity index (χ4n) is 2.73. The monoisotopic (exact) mass is 369 g/mol. The molecule has 4 aromatic rings. The topological polar surface area (TPSA) is 62.5 Å². The summed E-state index contributed by atoms with van der Waals surface area (Å²) in [7, 11) is 0. The second-order valence-corrected chi connectivity index (χ2v) is 7.41. The number of nitrogens with one attached hydrogen (secondary N) is 1. The van der Waals surface area contributed by atoms with E-state index in [1.54, 1.807) is 6.07 Å². The zero-order valence-corrected chi connectivity index (χ0v) is 14.8. The molecule has 1 atom stereocenters. The predicted octanol–water partition coefficient (Wildman–Crippen LogP) is 4.22. The van der Waals surface area contributed by atoms with Gasteiger partial charge in [0.2, 0.25) is 0 Å². The van der Waals surface area contributed by atoms with Crippen LogP contribution in [0.4, 0.5) is 0 Å². The van der Waals surface area contributed by atoms with Crippen molar-refractivity contribution < 1.29 is 14.3 Å². The van der Waals surface area contributed by atoms with E-state index in [2.05, 4.69) is 5.32 Å². The molecule has 0 aliphatic carbocycles. The highest BCUT2D eigenvalue weighted by Gasteiger charge is 2.34. The maximum atomic E-state index is 12.5. The summed E-state index contributed by atoms with van der Waals surface area (Å²) >= 11 is 2.97. The van der Waals surface area contributed by atoms with Gasteiger partial charge in [-0.2, -0.15) is 11.3 Å². The van der Waals surface area contributed by atoms with Gasteiger partial charge in [0.25, 0.3) is 5.91 Å². The molecular formula is C19H15NO3S2. The Kier molecular flexibility index (Phi) is 4.17. The minimum atomic E-state index is -1.25. The van der Waals surface area contributed by atoms with Gasteiger partial charge in [0.05, 0.1) is 6.54 Å². The second-order valence-electron chi connectivity index (χ2n) is 5.68. The summed E-state index contributed by atoms with van der Waals surface area (Å²) in [5.41, 5.74) is 0.180. The van der Waals surface area contributed by atoms with Gasteiger partial charge in [-0.3, -0.25) is 4.79 Å². The standard InChI is InChI=1S/C19H15NO3S2/c21-18(16-10-13-4-1-2-5-15(13)23-16)20-12-19(22,14-7-9-24-11-14)17-6-3-8-25-17/h1-11,22H,12H2,(H,20,21). The van der Waals surface area contributed by atoms with Gasteiger partial charge in [-0.05, 0) is 40.4 Å². The average molecular weight is 369 g/mol. The molecule has 1 amide bonds. The van der Waals surface area contributed by atoms with Gasteiger partial charge in [-0.15, -0.1) is 11.3 Å². The van der Waals surface area contributed by atoms with Gasteiger partial charge >= 0.3 is 0 Å². The van der Waals surface area contributed by atoms with E-state index in [1.165, 1.54) is 22.7 Å². The maximum Gasteiger partial charge on any atom is 0.287 e. The molecule has 4 nitrogen and oxygen atoms in total. The Morgan fingerprint density at radius 2 is 2.04 bits per heavy atom. The number of rotatable bonds is 5. The molecular weight excluding hydrogens is 354 g/mol. The van der Waals surface area contributed by atoms with Gasteiger partial charge in [0, 0.05) is 15.8 Å². The van der Waals surface area contributed by atoms with Gasteiger partial charge in [0.1, 0.15) is 11.2 Å². The lowest BCUT2D eigenvalue weighted by Crippen LogP contribution is -2.40. The first kappa shape index (κ1) is 16.1. The van der Waals surface area contributed by atoms with Gasteiger partial charge < -0.3 is 14.8 Å². The van der Waals surface area contributed by atoms with Crippen LogP contribution in [0.15, 0.2) is 69.1 Å². The minimum absolute atomic E-state index is 0.0696. The Hall–Kier alpha value is -2.41. The fourth-order valence-corrected chi connectivity index (χ4v) is 4.30. The molecule has 0 saturated heterocycles. The summed E-state index contributed by atoms with van der Waals surface area (Å²) in [5.74, 6) is -0.110. The van der Waals surface area contributed by atoms with Crippen molar-refractivity contribution in [2.24, 2.45) is 0 Å². The molecule has 126 valence electrons. The lowest BCUT2D eigenvalue weighted by molar-refractivity contribution is 0.0707. The number of thiophene rings is 2. The third-order valence-corrected chi connectivity index (χ3v) is 5.79. The third-order valence-electron chi connectivity index (χ3n) is 4.08. The highest BCUT2D eigenvalue weighted by Crippen LogP contribution is 2.33. The molecule has 2 N–H and O–H groups in total. The summed E-state index contributed by atoms with van der Waals surface area (Å²) in [6.45, 7) is 0.0696. The molecule has 0 radical (unpaired) electrons. The van der Waals surface area contributed by atoms with E-state index >= 15 is 0 Å². The molecule has 0 aliphatic heterocycles. The molecule has 4 rings (SSSR count). The second kappa shape index (κ2) is 6.48. The number of fused-ring (bicyclic) bond motifs is 1. The Balaban J connectivity index is 1.58. The van der Waals surface area contributed by atoms with Gasteiger partial charge in [0.15, 0.2) is 5.76 Å². The summed E-state index contributed by atoms with van der Waals surface area (Å²) < 4.78 is 5.59. The van der Waals surface area contributed by atoms with Crippen LogP contribution in [-0.2, 0) is 5.60 Å². The van der Waals surface area contributed by atoms with Crippen molar-refractivity contribution in [1.82, 2.24) is 5.32 Å². The highest BCUT2D eigenvalue weighted by atomic mass is 32.1. The minimum Gasteiger partial charge on any atom is -0.451 e. The first-order chi connectivity index (χ1) is 12.2. The van der Waals surface area contributed by atoms with Crippen molar-refractivity contribution in [2.45, 2.75) is 5.60 Å². The Morgan fingerprint density at radius 3 is 2.76 bits per heavy atom. The van der Waals surface area contributed by atoms with Gasteiger partial charge in [-0.25, -0.2) is 0 Å². The number of carbonyl (C=O) groups excluding carboxylic acids is 1. The molecule has 1 aromatic carbocycles. The van der Waals surface area contributed by atoms with E-state index in [0.717, 1.165) is 15.8 Å². The third kappa shape index (κ3) is 3.00. The van der Waals surface area contributed by atoms with Crippen LogP contribution in [0.5, 0.6) is 0 Å². The van der Waals surface area contributed by atoms with E-state index in [9.17, 15) is 9.90 Å². The Labute approximate surface area is 152 Å². The average Bonchev–Trinajstić information content (AvgIpc) is 3.40. The molecule has 0 saturated carbocycles. The molecule has 3 heterocycles. The van der Waals surface area contributed by atoms with Crippen LogP contribution in [0.25, 0.3) is 11.0 Å². The predicted molar refractivity (Wildman–Crippen MR) is 100 cm³/mol. The molecule has 0 aliphatic rings. The number of hydrogen-bond donors (Lipinski definition) is 2. The molecule has 0 spiro atoms. The number of amides is 1. The lowest BCUT2D eigenvalue weighted by atomic mass is 9.94. The van der Waals surface area contributed by atoms with Crippen LogP contribution in [0.1, 0.15) is 21.0 Å². The Bertz CT molecular complexity index is 920. The van der Waals surface area contributed by atoms with Crippen LogP contribution < -0.4 is 5.32 Å². The summed E-state index contributed by atoms with van der Waals surface area (Å²) in [4.78, 5) is 13.3. The van der Waals surface area contributed by atoms with E-state index in [4.69, 9.17) is 4.42 Å². The Morgan fingerprint density at radius 1 is 1.16 bits per heavy atom. The van der Waals surface area contributed by atoms with Crippen LogP contribution >= 0.6 is 22.7 Å². The summed E-state index contributed by atoms with van der Waals surface area (Å²) in [6.07, 6.45) is 0. The van der Waals surface area contributed by atoms with Crippen LogP contribution in [0.2, 0.25) is 0 Å². The normalized spacial score (nSPS) is 13.6. The molecule has 0 bridgehead atoms. The van der Waals surface area contributed by atoms with E-state index in [0.29, 0.717) is 5.58 Å². The summed E-state index contributed by atoms with van der Waals surface area (Å²) in [5, 5.41) is 20.6. The number of hydrogen-bond acceptors (Lipinski definition) is 5. The van der Waals surface area contributed by atoms with E-state index in [1.807, 2.05) is 58.6 Å². The van der Waals surface area contributed by atoms with Crippen LogP contribution in [-0.4, -0.2) is 17.6 Å². The first-order valence-electron chi connectivity index (χ1n) is 7.73. The first-order valence-corrected chi connectivity index (χ1v) is 9.55. The number of aliphatic hydroxyl groups is 1. The maximum absolute atomic E-state index is 12.5. The lowest BCUT2D eigenvalue weighted by Gasteiger charge is -2.26. The van der Waals surface area contributed by atoms with Crippen molar-refractivity contribution in [2.75, 3.05) is 6.54 Å². The molecule has 6 heteroatoms. The zero-order valence-electron chi connectivity index (χ0n) is 13.1. The quantitative estimate of drug-likeness (QED) is 0.554. The van der Waals surface area contributed by atoms with Gasteiger partial charge in [-0.1, -0.05) is 24.3 Å². The van der Waals surface area contributed by atoms with E-state index in [-0.39, 0.29) is 18.2 Å². The number of para-hydroxylation sites is 1. The fraction of sp³-hybridized carbons (Fsp3) is 0.105. The zero-order chi connectivity index (χ0) is 17.3. The van der Waals surface area contributed by atoms with Crippen molar-refractivity contribution in [3.05, 3.63) is 80.9 Å². The molecule has 25 heavy (non-hydrogen) atoms. The largest absolute Gasteiger partial charge is 0.451 e. The smallest absolute Gasteiger partial charge is 0.287 e. The molecule has 1 unspecified atom stereocenters. The molecule has 3 aromatic heterocycles. The molecule has 0 fully saturated rings.